The first-order chi connectivity index (χ1) is 17.8. The number of halogens is 1. The molecule has 2 fully saturated rings. The normalized spacial score (nSPS) is 28.0. The first-order valence-corrected chi connectivity index (χ1v) is 14.4. The molecule has 0 aromatic carbocycles. The number of nitrogens with one attached hydrogen (secondary N) is 2. The number of hydrogen-bond donors (Lipinski definition) is 2. The van der Waals surface area contributed by atoms with Crippen LogP contribution in [-0.4, -0.2) is 76.6 Å². The number of thiophene rings is 1. The van der Waals surface area contributed by atoms with Crippen molar-refractivity contribution in [2.75, 3.05) is 20.1 Å². The van der Waals surface area contributed by atoms with Crippen LogP contribution in [0, 0.1) is 0 Å². The fourth-order valence-corrected chi connectivity index (χ4v) is 7.81. The van der Waals surface area contributed by atoms with E-state index in [9.17, 15) is 9.18 Å². The number of hydrazine groups is 1. The molecule has 4 aliphatic rings. The summed E-state index contributed by atoms with van der Waals surface area (Å²) in [5.41, 5.74) is 8.91. The molecule has 3 aliphatic heterocycles. The molecule has 0 bridgehead atoms. The van der Waals surface area contributed by atoms with E-state index in [1.807, 2.05) is 23.0 Å². The van der Waals surface area contributed by atoms with Gasteiger partial charge in [-0.25, -0.2) is 9.38 Å². The van der Waals surface area contributed by atoms with Crippen molar-refractivity contribution in [2.24, 2.45) is 4.99 Å². The monoisotopic (exact) mass is 524 g/mol. The van der Waals surface area contributed by atoms with Crippen molar-refractivity contribution in [1.82, 2.24) is 25.2 Å². The number of alkyl halides is 1. The van der Waals surface area contributed by atoms with Gasteiger partial charge in [0.2, 0.25) is 0 Å². The average Bonchev–Trinajstić information content (AvgIpc) is 3.66. The number of H-pyrrole nitrogens is 1. The van der Waals surface area contributed by atoms with Crippen molar-refractivity contribution in [2.45, 2.75) is 83.2 Å². The molecule has 1 amide bonds. The fourth-order valence-electron chi connectivity index (χ4n) is 6.51. The summed E-state index contributed by atoms with van der Waals surface area (Å²) in [5, 5.41) is 2.03. The van der Waals surface area contributed by atoms with Crippen molar-refractivity contribution < 1.29 is 9.18 Å². The molecule has 6 rings (SSSR count). The molecule has 1 saturated carbocycles. The summed E-state index contributed by atoms with van der Waals surface area (Å²) in [6.45, 7) is 7.99. The van der Waals surface area contributed by atoms with Gasteiger partial charge in [-0.3, -0.25) is 20.1 Å². The van der Waals surface area contributed by atoms with Crippen molar-refractivity contribution >= 4 is 39.4 Å². The molecule has 37 heavy (non-hydrogen) atoms. The van der Waals surface area contributed by atoms with Gasteiger partial charge >= 0.3 is 0 Å². The van der Waals surface area contributed by atoms with Gasteiger partial charge in [0.15, 0.2) is 6.17 Å². The van der Waals surface area contributed by atoms with E-state index in [4.69, 9.17) is 0 Å². The van der Waals surface area contributed by atoms with E-state index in [1.165, 1.54) is 15.8 Å². The minimum Gasteiger partial charge on any atom is -0.354 e. The second-order valence-electron chi connectivity index (χ2n) is 11.3. The number of carbonyl (C=O) groups excluding carboxylic acids is 1. The zero-order valence-electron chi connectivity index (χ0n) is 22.1. The fraction of sp³-hybridized carbons (Fsp3) is 0.571. The molecule has 198 valence electrons. The van der Waals surface area contributed by atoms with Gasteiger partial charge in [0.05, 0.1) is 20.8 Å². The molecule has 1 saturated heterocycles. The Kier molecular flexibility index (Phi) is 6.39. The Morgan fingerprint density at radius 3 is 2.73 bits per heavy atom. The summed E-state index contributed by atoms with van der Waals surface area (Å²) in [4.78, 5) is 26.7. The third-order valence-electron chi connectivity index (χ3n) is 8.55. The third kappa shape index (κ3) is 4.40. The molecule has 2 aromatic rings. The van der Waals surface area contributed by atoms with Crippen LogP contribution in [0.25, 0.3) is 15.8 Å². The number of allylic oxidation sites excluding steroid dienone is 2. The Balaban J connectivity index is 1.20. The van der Waals surface area contributed by atoms with Gasteiger partial charge in [0.1, 0.15) is 12.5 Å². The van der Waals surface area contributed by atoms with Crippen LogP contribution >= 0.6 is 11.3 Å². The van der Waals surface area contributed by atoms with E-state index in [0.29, 0.717) is 24.9 Å². The number of fused-ring (bicyclic) bond motifs is 2. The Hall–Kier alpha value is -2.65. The number of hydrogen-bond acceptors (Lipinski definition) is 6. The zero-order chi connectivity index (χ0) is 25.8. The van der Waals surface area contributed by atoms with Gasteiger partial charge in [-0.15, -0.1) is 11.3 Å². The number of likely N-dealkylation sites (tertiary alicyclic amines) is 1. The molecule has 5 heterocycles. The van der Waals surface area contributed by atoms with E-state index in [2.05, 4.69) is 53.3 Å². The van der Waals surface area contributed by atoms with Crippen molar-refractivity contribution in [3.63, 3.8) is 0 Å². The number of rotatable bonds is 5. The Morgan fingerprint density at radius 1 is 1.24 bits per heavy atom. The van der Waals surface area contributed by atoms with E-state index in [0.717, 1.165) is 53.9 Å². The summed E-state index contributed by atoms with van der Waals surface area (Å²) in [5.74, 6) is 0.413. The molecular weight excluding hydrogens is 487 g/mol. The van der Waals surface area contributed by atoms with Crippen LogP contribution in [0.15, 0.2) is 28.9 Å². The molecule has 7 nitrogen and oxygen atoms in total. The van der Waals surface area contributed by atoms with Crippen LogP contribution in [0.4, 0.5) is 4.39 Å². The van der Waals surface area contributed by atoms with Crippen LogP contribution in [0.3, 0.4) is 0 Å². The predicted octanol–water partition coefficient (Wildman–Crippen LogP) is 5.26. The van der Waals surface area contributed by atoms with Crippen LogP contribution in [0.5, 0.6) is 0 Å². The average molecular weight is 525 g/mol. The van der Waals surface area contributed by atoms with Gasteiger partial charge < -0.3 is 9.88 Å². The summed E-state index contributed by atoms with van der Waals surface area (Å²) in [7, 11) is 1.95. The van der Waals surface area contributed by atoms with Gasteiger partial charge in [-0.2, -0.15) is 0 Å². The second kappa shape index (κ2) is 9.58. The van der Waals surface area contributed by atoms with Crippen LogP contribution in [0.2, 0.25) is 0 Å². The first-order valence-electron chi connectivity index (χ1n) is 13.6. The van der Waals surface area contributed by atoms with Gasteiger partial charge in [0.25, 0.3) is 5.91 Å². The lowest BCUT2D eigenvalue weighted by Gasteiger charge is -2.38. The molecule has 2 atom stereocenters. The van der Waals surface area contributed by atoms with E-state index in [1.54, 1.807) is 17.7 Å². The maximum absolute atomic E-state index is 13.7. The number of aromatic nitrogens is 1. The van der Waals surface area contributed by atoms with E-state index < -0.39 is 6.17 Å². The standard InChI is InChI=1S/C28H37FN6OS/c1-16(2)24-25(18-11-17(3)27-30-15-31-35(27)13-18)32-22-12-23(37-26(22)24)28(36)33(4)20-5-7-21(8-6-20)34-10-9-19(29)14-34/h11-13,15-16,19-21,27,32H,5-10,14H2,1-4H3,(H,30,31). The highest BCUT2D eigenvalue weighted by molar-refractivity contribution is 7.21. The minimum atomic E-state index is -0.668. The maximum Gasteiger partial charge on any atom is 0.264 e. The van der Waals surface area contributed by atoms with Crippen LogP contribution in [-0.2, 0) is 0 Å². The lowest BCUT2D eigenvalue weighted by molar-refractivity contribution is 0.0647. The minimum absolute atomic E-state index is 0.0214. The van der Waals surface area contributed by atoms with Gasteiger partial charge in [-0.05, 0) is 68.2 Å². The number of aromatic amines is 1. The van der Waals surface area contributed by atoms with Crippen molar-refractivity contribution in [1.29, 1.82) is 0 Å². The molecule has 9 heteroatoms. The summed E-state index contributed by atoms with van der Waals surface area (Å²) < 4.78 is 14.8. The van der Waals surface area contributed by atoms with E-state index in [-0.39, 0.29) is 18.1 Å². The lowest BCUT2D eigenvalue weighted by Crippen LogP contribution is -2.44. The van der Waals surface area contributed by atoms with Gasteiger partial charge in [0, 0.05) is 44.0 Å². The number of nitrogens with zero attached hydrogens (tertiary/aromatic N) is 4. The highest BCUT2D eigenvalue weighted by Crippen LogP contribution is 2.40. The van der Waals surface area contributed by atoms with Crippen molar-refractivity contribution in [3.05, 3.63) is 40.0 Å². The van der Waals surface area contributed by atoms with Crippen LogP contribution < -0.4 is 5.43 Å². The molecule has 0 radical (unpaired) electrons. The highest BCUT2D eigenvalue weighted by Gasteiger charge is 2.34. The zero-order valence-corrected chi connectivity index (χ0v) is 22.9. The lowest BCUT2D eigenvalue weighted by atomic mass is 9.89. The summed E-state index contributed by atoms with van der Waals surface area (Å²) in [6.07, 6.45) is 10.1. The molecule has 2 N–H and O–H groups in total. The Morgan fingerprint density at radius 2 is 2.03 bits per heavy atom. The number of carbonyl (C=O) groups is 1. The highest BCUT2D eigenvalue weighted by atomic mass is 32.1. The smallest absolute Gasteiger partial charge is 0.264 e. The summed E-state index contributed by atoms with van der Waals surface area (Å²) in [6, 6.07) is 2.75. The maximum atomic E-state index is 13.7. The van der Waals surface area contributed by atoms with Gasteiger partial charge in [-0.1, -0.05) is 13.8 Å². The van der Waals surface area contributed by atoms with E-state index >= 15 is 0 Å². The van der Waals surface area contributed by atoms with Crippen molar-refractivity contribution in [3.8, 4) is 0 Å². The third-order valence-corrected chi connectivity index (χ3v) is 9.71. The quantitative estimate of drug-likeness (QED) is 0.560. The molecular formula is C28H37FN6OS. The largest absolute Gasteiger partial charge is 0.354 e. The Bertz CT molecular complexity index is 1280. The number of aliphatic imine (C=N–C) groups is 1. The molecule has 1 aliphatic carbocycles. The Labute approximate surface area is 222 Å². The molecule has 0 spiro atoms. The van der Waals surface area contributed by atoms with Crippen LogP contribution in [0.1, 0.15) is 79.7 Å². The topological polar surface area (TPSA) is 67.0 Å². The second-order valence-corrected chi connectivity index (χ2v) is 12.4. The number of amides is 1. The SMILES string of the molecule is CC1=CC(c2[nH]c3cc(C(=O)N(C)C4CCC(N5CCC(F)C5)CC4)sc3c2C(C)C)=CN2NC=NC12. The predicted molar refractivity (Wildman–Crippen MR) is 148 cm³/mol. The molecule has 2 aromatic heterocycles. The summed E-state index contributed by atoms with van der Waals surface area (Å²) >= 11 is 1.60. The molecule has 2 unspecified atom stereocenters. The first kappa shape index (κ1) is 24.7.